The number of hydrogen-bond acceptors (Lipinski definition) is 7. The molecule has 4 rings (SSSR count). The van der Waals surface area contributed by atoms with Crippen LogP contribution in [0.2, 0.25) is 0 Å². The van der Waals surface area contributed by atoms with Crippen molar-refractivity contribution in [2.75, 3.05) is 6.61 Å². The zero-order valence-corrected chi connectivity index (χ0v) is 20.5. The first kappa shape index (κ1) is 24.7. The van der Waals surface area contributed by atoms with Crippen LogP contribution in [0.15, 0.2) is 72.2 Å². The molecule has 2 N–H and O–H groups in total. The molecule has 0 amide bonds. The van der Waals surface area contributed by atoms with Gasteiger partial charge in [0.15, 0.2) is 4.75 Å². The summed E-state index contributed by atoms with van der Waals surface area (Å²) in [7, 11) is -4.08. The van der Waals surface area contributed by atoms with Gasteiger partial charge in [0.2, 0.25) is 10.0 Å². The standard InChI is InChI=1S/C25H27FN4O4S/c1-24(2)25(3,19-8-6-7-17(13-19)18-14-27-16-28-15-18)35(32,33)30-23(34-24)29-22(11-12-31)20-9-4-5-10-21(20)26/h4-10,13-16,22,31H,11-12H2,1-3H3,(H,29,30)/t22-,25?/m0/s1. The third kappa shape index (κ3) is 4.51. The van der Waals surface area contributed by atoms with E-state index in [1.165, 1.54) is 12.4 Å². The number of ether oxygens (including phenoxy) is 1. The Hall–Kier alpha value is -3.37. The number of nitrogens with one attached hydrogen (secondary N) is 1. The molecule has 10 heteroatoms. The number of sulfonamides is 1. The van der Waals surface area contributed by atoms with E-state index in [0.717, 1.165) is 11.1 Å². The summed E-state index contributed by atoms with van der Waals surface area (Å²) in [4.78, 5) is 12.4. The van der Waals surface area contributed by atoms with Crippen molar-refractivity contribution in [3.05, 3.63) is 84.2 Å². The van der Waals surface area contributed by atoms with Crippen LogP contribution in [-0.2, 0) is 19.5 Å². The number of rotatable bonds is 6. The quantitative estimate of drug-likeness (QED) is 0.536. The molecule has 8 nitrogen and oxygen atoms in total. The van der Waals surface area contributed by atoms with Crippen molar-refractivity contribution in [2.45, 2.75) is 43.6 Å². The molecule has 1 unspecified atom stereocenters. The smallest absolute Gasteiger partial charge is 0.299 e. The molecule has 2 aromatic carbocycles. The van der Waals surface area contributed by atoms with Crippen LogP contribution in [0.25, 0.3) is 11.1 Å². The van der Waals surface area contributed by atoms with Crippen LogP contribution in [0.5, 0.6) is 0 Å². The number of hydrogen-bond donors (Lipinski definition) is 2. The normalized spacial score (nSPS) is 22.7. The molecule has 0 radical (unpaired) electrons. The number of aliphatic hydroxyl groups is 1. The van der Waals surface area contributed by atoms with Crippen LogP contribution < -0.4 is 4.72 Å². The summed E-state index contributed by atoms with van der Waals surface area (Å²) in [5.74, 6) is -0.500. The van der Waals surface area contributed by atoms with E-state index in [9.17, 15) is 17.9 Å². The molecule has 0 saturated carbocycles. The molecule has 1 saturated heterocycles. The molecular formula is C25H27FN4O4S. The van der Waals surface area contributed by atoms with Crippen LogP contribution in [0.3, 0.4) is 0 Å². The Balaban J connectivity index is 1.74. The lowest BCUT2D eigenvalue weighted by Crippen LogP contribution is -2.63. The molecule has 3 aromatic rings. The highest BCUT2D eigenvalue weighted by atomic mass is 32.2. The third-order valence-corrected chi connectivity index (χ3v) is 8.75. The predicted octanol–water partition coefficient (Wildman–Crippen LogP) is 3.71. The average molecular weight is 499 g/mol. The fraction of sp³-hybridized carbons (Fsp3) is 0.320. The van der Waals surface area contributed by atoms with E-state index in [1.54, 1.807) is 69.6 Å². The molecule has 0 bridgehead atoms. The molecule has 1 fully saturated rings. The maximum absolute atomic E-state index is 14.4. The van der Waals surface area contributed by atoms with Crippen molar-refractivity contribution in [3.63, 3.8) is 0 Å². The van der Waals surface area contributed by atoms with E-state index >= 15 is 0 Å². The Labute approximate surface area is 204 Å². The topological polar surface area (TPSA) is 114 Å². The number of nitrogens with zero attached hydrogens (tertiary/aromatic N) is 3. The minimum Gasteiger partial charge on any atom is -0.456 e. The molecule has 0 spiro atoms. The molecular weight excluding hydrogens is 471 g/mol. The zero-order valence-electron chi connectivity index (χ0n) is 19.6. The second-order valence-corrected chi connectivity index (χ2v) is 11.0. The number of benzene rings is 2. The maximum Gasteiger partial charge on any atom is 0.299 e. The van der Waals surface area contributed by atoms with Gasteiger partial charge >= 0.3 is 0 Å². The van der Waals surface area contributed by atoms with E-state index in [-0.39, 0.29) is 24.6 Å². The second-order valence-electron chi connectivity index (χ2n) is 8.94. The summed E-state index contributed by atoms with van der Waals surface area (Å²) < 4.78 is 48.8. The molecule has 0 aliphatic carbocycles. The Kier molecular flexibility index (Phi) is 6.61. The van der Waals surface area contributed by atoms with Gasteiger partial charge in [-0.05, 0) is 50.5 Å². The predicted molar refractivity (Wildman–Crippen MR) is 130 cm³/mol. The highest BCUT2D eigenvalue weighted by Crippen LogP contribution is 2.45. The molecule has 2 atom stereocenters. The van der Waals surface area contributed by atoms with Gasteiger partial charge in [0, 0.05) is 30.1 Å². The van der Waals surface area contributed by atoms with E-state index in [1.807, 2.05) is 6.07 Å². The number of aliphatic hydroxyl groups excluding tert-OH is 1. The second kappa shape index (κ2) is 9.35. The lowest BCUT2D eigenvalue weighted by atomic mass is 9.84. The average Bonchev–Trinajstić information content (AvgIpc) is 2.83. The summed E-state index contributed by atoms with van der Waals surface area (Å²) in [6.45, 7) is 4.67. The van der Waals surface area contributed by atoms with Gasteiger partial charge in [-0.25, -0.2) is 32.5 Å². The monoisotopic (exact) mass is 498 g/mol. The van der Waals surface area contributed by atoms with Gasteiger partial charge in [-0.1, -0.05) is 36.4 Å². The zero-order chi connectivity index (χ0) is 25.3. The maximum atomic E-state index is 14.4. The summed E-state index contributed by atoms with van der Waals surface area (Å²) in [6.07, 6.45) is 4.82. The van der Waals surface area contributed by atoms with Gasteiger partial charge in [-0.3, -0.25) is 0 Å². The highest BCUT2D eigenvalue weighted by molar-refractivity contribution is 7.91. The van der Waals surface area contributed by atoms with Gasteiger partial charge in [0.25, 0.3) is 6.02 Å². The summed E-state index contributed by atoms with van der Waals surface area (Å²) >= 11 is 0. The Morgan fingerprint density at radius 3 is 2.46 bits per heavy atom. The van der Waals surface area contributed by atoms with Crippen molar-refractivity contribution in [1.82, 2.24) is 14.7 Å². The van der Waals surface area contributed by atoms with Crippen molar-refractivity contribution >= 4 is 16.0 Å². The Morgan fingerprint density at radius 2 is 1.80 bits per heavy atom. The molecule has 1 aromatic heterocycles. The van der Waals surface area contributed by atoms with E-state index < -0.39 is 32.2 Å². The van der Waals surface area contributed by atoms with Crippen molar-refractivity contribution in [3.8, 4) is 11.1 Å². The molecule has 1 aliphatic rings. The fourth-order valence-electron chi connectivity index (χ4n) is 4.20. The summed E-state index contributed by atoms with van der Waals surface area (Å²) in [5, 5.41) is 9.50. The van der Waals surface area contributed by atoms with Gasteiger partial charge < -0.3 is 9.84 Å². The first-order valence-electron chi connectivity index (χ1n) is 11.1. The van der Waals surface area contributed by atoms with Crippen molar-refractivity contribution < 1.29 is 22.7 Å². The number of halogens is 1. The van der Waals surface area contributed by atoms with Crippen LogP contribution in [0.4, 0.5) is 4.39 Å². The minimum absolute atomic E-state index is 0.0917. The molecule has 35 heavy (non-hydrogen) atoms. The van der Waals surface area contributed by atoms with E-state index in [2.05, 4.69) is 19.7 Å². The Morgan fingerprint density at radius 1 is 1.09 bits per heavy atom. The first-order chi connectivity index (χ1) is 16.6. The Bertz CT molecular complexity index is 1350. The van der Waals surface area contributed by atoms with Crippen LogP contribution in [0, 0.1) is 5.82 Å². The van der Waals surface area contributed by atoms with Gasteiger partial charge in [0.1, 0.15) is 17.7 Å². The molecule has 1 aliphatic heterocycles. The number of aliphatic imine (C=N–C) groups is 1. The van der Waals surface area contributed by atoms with Crippen LogP contribution in [0.1, 0.15) is 44.4 Å². The summed E-state index contributed by atoms with van der Waals surface area (Å²) in [5.41, 5.74) is 0.993. The number of amidine groups is 1. The van der Waals surface area contributed by atoms with Gasteiger partial charge in [0.05, 0.1) is 6.04 Å². The SMILES string of the molecule is CC1(C)OC(=N[C@@H](CCO)c2ccccc2F)NS(=O)(=O)C1(C)c1cccc(-c2cncnc2)c1. The van der Waals surface area contributed by atoms with E-state index in [0.29, 0.717) is 5.56 Å². The van der Waals surface area contributed by atoms with Crippen molar-refractivity contribution in [1.29, 1.82) is 0 Å². The van der Waals surface area contributed by atoms with Gasteiger partial charge in [-0.15, -0.1) is 0 Å². The van der Waals surface area contributed by atoms with Crippen molar-refractivity contribution in [2.24, 2.45) is 4.99 Å². The van der Waals surface area contributed by atoms with E-state index in [4.69, 9.17) is 4.74 Å². The molecule has 2 heterocycles. The summed E-state index contributed by atoms with van der Waals surface area (Å²) in [6, 6.07) is 12.1. The van der Waals surface area contributed by atoms with Crippen LogP contribution in [-0.4, -0.2) is 41.7 Å². The number of aromatic nitrogens is 2. The molecule has 184 valence electrons. The minimum atomic E-state index is -4.08. The largest absolute Gasteiger partial charge is 0.456 e. The lowest BCUT2D eigenvalue weighted by Gasteiger charge is -2.47. The van der Waals surface area contributed by atoms with Gasteiger partial charge in [-0.2, -0.15) is 0 Å². The lowest BCUT2D eigenvalue weighted by molar-refractivity contribution is 0.0381. The highest BCUT2D eigenvalue weighted by Gasteiger charge is 2.59. The first-order valence-corrected chi connectivity index (χ1v) is 12.6. The third-order valence-electron chi connectivity index (χ3n) is 6.51. The van der Waals surface area contributed by atoms with Crippen LogP contribution >= 0.6 is 0 Å². The fourth-order valence-corrected chi connectivity index (χ4v) is 5.85.